The molecular weight excluding hydrogens is 272 g/mol. The molecule has 1 atom stereocenters. The number of aliphatic hydroxyl groups is 1. The van der Waals surface area contributed by atoms with Crippen molar-refractivity contribution in [1.29, 1.82) is 0 Å². The zero-order chi connectivity index (χ0) is 15.4. The fraction of sp³-hybridized carbons (Fsp3) is 0.400. The largest absolute Gasteiger partial charge is 0.491 e. The van der Waals surface area contributed by atoms with Crippen molar-refractivity contribution < 1.29 is 19.4 Å². The number of aryl methyl sites for hydroxylation is 1. The molecule has 0 amide bonds. The van der Waals surface area contributed by atoms with E-state index >= 15 is 0 Å². The van der Waals surface area contributed by atoms with Gasteiger partial charge in [-0.25, -0.2) is 4.79 Å². The standard InChI is InChI=1S/C15H20N2O4/c1-3-20-15(19)14-9(2)17-13-5-4-11(6-12(13)14)21-8-10(18)7-16/h4-6,10,17-18H,3,7-8,16H2,1-2H3/t10-/m1/s1. The lowest BCUT2D eigenvalue weighted by atomic mass is 10.1. The summed E-state index contributed by atoms with van der Waals surface area (Å²) in [6.07, 6.45) is -0.710. The maximum Gasteiger partial charge on any atom is 0.340 e. The third-order valence-electron chi connectivity index (χ3n) is 3.15. The summed E-state index contributed by atoms with van der Waals surface area (Å²) in [5.41, 5.74) is 7.43. The van der Waals surface area contributed by atoms with Gasteiger partial charge in [-0.05, 0) is 32.0 Å². The van der Waals surface area contributed by atoms with Crippen LogP contribution in [0.5, 0.6) is 5.75 Å². The molecule has 6 heteroatoms. The van der Waals surface area contributed by atoms with Crippen molar-refractivity contribution >= 4 is 16.9 Å². The molecule has 2 rings (SSSR count). The molecule has 0 bridgehead atoms. The number of esters is 1. The van der Waals surface area contributed by atoms with Crippen LogP contribution in [-0.4, -0.2) is 41.9 Å². The van der Waals surface area contributed by atoms with Gasteiger partial charge in [-0.2, -0.15) is 0 Å². The van der Waals surface area contributed by atoms with Crippen molar-refractivity contribution in [2.75, 3.05) is 19.8 Å². The van der Waals surface area contributed by atoms with E-state index in [2.05, 4.69) is 4.98 Å². The maximum atomic E-state index is 12.0. The number of nitrogens with one attached hydrogen (secondary N) is 1. The second-order valence-corrected chi connectivity index (χ2v) is 4.75. The Labute approximate surface area is 122 Å². The molecule has 6 nitrogen and oxygen atoms in total. The molecule has 0 aliphatic heterocycles. The minimum atomic E-state index is -0.710. The van der Waals surface area contributed by atoms with Crippen molar-refractivity contribution in [3.8, 4) is 5.75 Å². The number of fused-ring (bicyclic) bond motifs is 1. The predicted molar refractivity (Wildman–Crippen MR) is 79.5 cm³/mol. The van der Waals surface area contributed by atoms with E-state index < -0.39 is 6.10 Å². The van der Waals surface area contributed by atoms with Gasteiger partial charge in [0.2, 0.25) is 0 Å². The van der Waals surface area contributed by atoms with Gasteiger partial charge >= 0.3 is 5.97 Å². The van der Waals surface area contributed by atoms with Crippen LogP contribution in [0, 0.1) is 6.92 Å². The molecule has 1 heterocycles. The van der Waals surface area contributed by atoms with Crippen LogP contribution in [0.3, 0.4) is 0 Å². The summed E-state index contributed by atoms with van der Waals surface area (Å²) in [4.78, 5) is 15.2. The normalized spacial score (nSPS) is 12.4. The molecular formula is C15H20N2O4. The van der Waals surface area contributed by atoms with Crippen molar-refractivity contribution in [3.05, 3.63) is 29.5 Å². The minimum absolute atomic E-state index is 0.111. The van der Waals surface area contributed by atoms with Crippen molar-refractivity contribution in [3.63, 3.8) is 0 Å². The first-order valence-electron chi connectivity index (χ1n) is 6.87. The minimum Gasteiger partial charge on any atom is -0.491 e. The molecule has 0 fully saturated rings. The number of rotatable bonds is 6. The number of H-pyrrole nitrogens is 1. The molecule has 1 aromatic heterocycles. The Morgan fingerprint density at radius 1 is 1.48 bits per heavy atom. The summed E-state index contributed by atoms with van der Waals surface area (Å²) in [6.45, 7) is 4.17. The molecule has 114 valence electrons. The van der Waals surface area contributed by atoms with E-state index in [0.717, 1.165) is 16.6 Å². The fourth-order valence-corrected chi connectivity index (χ4v) is 2.12. The van der Waals surface area contributed by atoms with Gasteiger partial charge in [-0.15, -0.1) is 0 Å². The SMILES string of the molecule is CCOC(=O)c1c(C)[nH]c2ccc(OC[C@H](O)CN)cc12. The number of aromatic nitrogens is 1. The molecule has 1 aromatic carbocycles. The Hall–Kier alpha value is -2.05. The van der Waals surface area contributed by atoms with E-state index in [9.17, 15) is 9.90 Å². The van der Waals surface area contributed by atoms with Crippen molar-refractivity contribution in [2.45, 2.75) is 20.0 Å². The molecule has 0 saturated heterocycles. The Kier molecular flexibility index (Phi) is 4.82. The van der Waals surface area contributed by atoms with Crippen LogP contribution in [0.1, 0.15) is 23.0 Å². The number of carbonyl (C=O) groups excluding carboxylic acids is 1. The highest BCUT2D eigenvalue weighted by atomic mass is 16.5. The number of nitrogens with two attached hydrogens (primary N) is 1. The summed E-state index contributed by atoms with van der Waals surface area (Å²) < 4.78 is 10.5. The smallest absolute Gasteiger partial charge is 0.340 e. The number of carbonyl (C=O) groups is 1. The van der Waals surface area contributed by atoms with Gasteiger partial charge in [0, 0.05) is 23.1 Å². The third kappa shape index (κ3) is 3.34. The highest BCUT2D eigenvalue weighted by molar-refractivity contribution is 6.05. The van der Waals surface area contributed by atoms with Crippen LogP contribution in [0.15, 0.2) is 18.2 Å². The lowest BCUT2D eigenvalue weighted by Gasteiger charge is -2.10. The second kappa shape index (κ2) is 6.60. The zero-order valence-corrected chi connectivity index (χ0v) is 12.2. The van der Waals surface area contributed by atoms with Gasteiger partial charge in [0.05, 0.1) is 12.2 Å². The van der Waals surface area contributed by atoms with Gasteiger partial charge in [0.25, 0.3) is 0 Å². The predicted octanol–water partition coefficient (Wildman–Crippen LogP) is 1.35. The van der Waals surface area contributed by atoms with Gasteiger partial charge < -0.3 is 25.3 Å². The van der Waals surface area contributed by atoms with Gasteiger partial charge in [0.1, 0.15) is 18.5 Å². The average molecular weight is 292 g/mol. The quantitative estimate of drug-likeness (QED) is 0.698. The molecule has 0 unspecified atom stereocenters. The molecule has 0 spiro atoms. The van der Waals surface area contributed by atoms with Crippen LogP contribution in [0.25, 0.3) is 10.9 Å². The Morgan fingerprint density at radius 2 is 2.24 bits per heavy atom. The molecule has 4 N–H and O–H groups in total. The van der Waals surface area contributed by atoms with E-state index in [1.165, 1.54) is 0 Å². The molecule has 21 heavy (non-hydrogen) atoms. The number of benzene rings is 1. The van der Waals surface area contributed by atoms with Crippen LogP contribution in [0.4, 0.5) is 0 Å². The van der Waals surface area contributed by atoms with Crippen LogP contribution < -0.4 is 10.5 Å². The molecule has 0 aliphatic carbocycles. The lowest BCUT2D eigenvalue weighted by Crippen LogP contribution is -2.26. The number of hydrogen-bond donors (Lipinski definition) is 3. The number of ether oxygens (including phenoxy) is 2. The molecule has 0 saturated carbocycles. The zero-order valence-electron chi connectivity index (χ0n) is 12.2. The third-order valence-corrected chi connectivity index (χ3v) is 3.15. The number of hydrogen-bond acceptors (Lipinski definition) is 5. The van der Waals surface area contributed by atoms with E-state index in [1.807, 2.05) is 13.0 Å². The van der Waals surface area contributed by atoms with Gasteiger partial charge in [-0.3, -0.25) is 0 Å². The van der Waals surface area contributed by atoms with Gasteiger partial charge in [-0.1, -0.05) is 0 Å². The fourth-order valence-electron chi connectivity index (χ4n) is 2.12. The van der Waals surface area contributed by atoms with E-state index in [0.29, 0.717) is 17.9 Å². The molecule has 2 aromatic rings. The summed E-state index contributed by atoms with van der Waals surface area (Å²) in [7, 11) is 0. The Bertz CT molecular complexity index is 636. The summed E-state index contributed by atoms with van der Waals surface area (Å²) in [5, 5.41) is 10.2. The van der Waals surface area contributed by atoms with E-state index in [1.54, 1.807) is 19.1 Å². The van der Waals surface area contributed by atoms with E-state index in [-0.39, 0.29) is 19.1 Å². The second-order valence-electron chi connectivity index (χ2n) is 4.75. The summed E-state index contributed by atoms with van der Waals surface area (Å²) in [6, 6.07) is 5.36. The molecule has 0 radical (unpaired) electrons. The average Bonchev–Trinajstić information content (AvgIpc) is 2.80. The van der Waals surface area contributed by atoms with Crippen molar-refractivity contribution in [1.82, 2.24) is 4.98 Å². The first kappa shape index (κ1) is 15.3. The lowest BCUT2D eigenvalue weighted by molar-refractivity contribution is 0.0528. The van der Waals surface area contributed by atoms with Crippen molar-refractivity contribution in [2.24, 2.45) is 5.73 Å². The number of aromatic amines is 1. The monoisotopic (exact) mass is 292 g/mol. The van der Waals surface area contributed by atoms with Crippen LogP contribution in [-0.2, 0) is 4.74 Å². The Morgan fingerprint density at radius 3 is 2.90 bits per heavy atom. The summed E-state index contributed by atoms with van der Waals surface area (Å²) in [5.74, 6) is 0.208. The number of aliphatic hydroxyl groups excluding tert-OH is 1. The van der Waals surface area contributed by atoms with Gasteiger partial charge in [0.15, 0.2) is 0 Å². The first-order chi connectivity index (χ1) is 10.1. The van der Waals surface area contributed by atoms with Crippen LogP contribution >= 0.6 is 0 Å². The van der Waals surface area contributed by atoms with Crippen LogP contribution in [0.2, 0.25) is 0 Å². The first-order valence-corrected chi connectivity index (χ1v) is 6.87. The highest BCUT2D eigenvalue weighted by Crippen LogP contribution is 2.27. The molecule has 0 aliphatic rings. The highest BCUT2D eigenvalue weighted by Gasteiger charge is 2.17. The topological polar surface area (TPSA) is 97.6 Å². The Balaban J connectivity index is 2.32. The van der Waals surface area contributed by atoms with E-state index in [4.69, 9.17) is 15.2 Å². The maximum absolute atomic E-state index is 12.0. The summed E-state index contributed by atoms with van der Waals surface area (Å²) >= 11 is 0.